The largest absolute Gasteiger partial charge is 0.460 e. The fraction of sp³-hybridized carbons (Fsp3) is 0.688. The van der Waals surface area contributed by atoms with Crippen molar-refractivity contribution in [3.05, 3.63) is 12.7 Å². The summed E-state index contributed by atoms with van der Waals surface area (Å²) in [6, 6.07) is -1.16. The highest BCUT2D eigenvalue weighted by molar-refractivity contribution is 5.89. The quantitative estimate of drug-likeness (QED) is 0.431. The van der Waals surface area contributed by atoms with E-state index in [1.807, 2.05) is 13.8 Å². The molecule has 0 aliphatic rings. The molecule has 0 fully saturated rings. The summed E-state index contributed by atoms with van der Waals surface area (Å²) in [6.45, 7) is 12.5. The first-order valence-corrected chi connectivity index (χ1v) is 7.68. The van der Waals surface area contributed by atoms with E-state index in [4.69, 9.17) is 14.3 Å². The number of alkyl carbamates (subject to hydrolysis) is 1. The summed E-state index contributed by atoms with van der Waals surface area (Å²) in [7, 11) is 2.65. The van der Waals surface area contributed by atoms with Gasteiger partial charge in [-0.25, -0.2) is 9.86 Å². The van der Waals surface area contributed by atoms with Crippen molar-refractivity contribution in [3.63, 3.8) is 0 Å². The summed E-state index contributed by atoms with van der Waals surface area (Å²) >= 11 is 0. The second-order valence-electron chi connectivity index (χ2n) is 5.39. The Bertz CT molecular complexity index is 417. The van der Waals surface area contributed by atoms with Crippen LogP contribution in [0, 0.1) is 0 Å². The first-order valence-electron chi connectivity index (χ1n) is 7.68. The molecular weight excluding hydrogens is 316 g/mol. The Morgan fingerprint density at radius 1 is 1.25 bits per heavy atom. The molecule has 0 bridgehead atoms. The normalized spacial score (nSPS) is 11.3. The lowest BCUT2D eigenvalue weighted by atomic mass is 10.1. The smallest absolute Gasteiger partial charge is 0.408 e. The van der Waals surface area contributed by atoms with Crippen molar-refractivity contribution in [2.45, 2.75) is 52.7 Å². The van der Waals surface area contributed by atoms with E-state index < -0.39 is 29.6 Å². The number of hydroxylamine groups is 2. The Morgan fingerprint density at radius 3 is 2.21 bits per heavy atom. The topological polar surface area (TPSA) is 94.2 Å². The number of esters is 1. The Hall–Kier alpha value is -2.09. The van der Waals surface area contributed by atoms with Gasteiger partial charge >= 0.3 is 12.1 Å². The predicted molar refractivity (Wildman–Crippen MR) is 90.1 cm³/mol. The second kappa shape index (κ2) is 12.3. The maximum absolute atomic E-state index is 12.1. The minimum Gasteiger partial charge on any atom is -0.460 e. The Balaban J connectivity index is 0. The van der Waals surface area contributed by atoms with Crippen LogP contribution in [-0.4, -0.2) is 55.4 Å². The zero-order valence-corrected chi connectivity index (χ0v) is 15.7. The number of hydrogen-bond donors (Lipinski definition) is 1. The van der Waals surface area contributed by atoms with Crippen molar-refractivity contribution in [2.24, 2.45) is 0 Å². The van der Waals surface area contributed by atoms with Crippen molar-refractivity contribution in [1.82, 2.24) is 10.4 Å². The van der Waals surface area contributed by atoms with E-state index in [1.54, 1.807) is 20.8 Å². The SMILES string of the molecule is C=CCOC(=O)NC(CC(=O)OC(C)(C)C)C(=O)N(C)OC.CC. The van der Waals surface area contributed by atoms with E-state index in [2.05, 4.69) is 11.9 Å². The van der Waals surface area contributed by atoms with E-state index in [9.17, 15) is 14.4 Å². The molecule has 2 amide bonds. The van der Waals surface area contributed by atoms with Crippen LogP contribution in [0.5, 0.6) is 0 Å². The number of carbonyl (C=O) groups excluding carboxylic acids is 3. The van der Waals surface area contributed by atoms with Crippen molar-refractivity contribution in [1.29, 1.82) is 0 Å². The van der Waals surface area contributed by atoms with E-state index in [0.29, 0.717) is 0 Å². The first kappa shape index (κ1) is 24.2. The lowest BCUT2D eigenvalue weighted by molar-refractivity contribution is -0.173. The molecule has 0 spiro atoms. The maximum atomic E-state index is 12.1. The molecule has 1 atom stereocenters. The van der Waals surface area contributed by atoms with Crippen molar-refractivity contribution in [3.8, 4) is 0 Å². The number of amides is 2. The molecule has 1 N–H and O–H groups in total. The van der Waals surface area contributed by atoms with Gasteiger partial charge in [0, 0.05) is 7.05 Å². The molecule has 8 heteroatoms. The molecule has 24 heavy (non-hydrogen) atoms. The van der Waals surface area contributed by atoms with Crippen LogP contribution in [0.2, 0.25) is 0 Å². The molecule has 0 radical (unpaired) electrons. The minimum absolute atomic E-state index is 0.0146. The van der Waals surface area contributed by atoms with Crippen LogP contribution >= 0.6 is 0 Å². The molecule has 0 saturated heterocycles. The van der Waals surface area contributed by atoms with Gasteiger partial charge in [-0.3, -0.25) is 14.4 Å². The number of ether oxygens (including phenoxy) is 2. The third kappa shape index (κ3) is 11.5. The van der Waals surface area contributed by atoms with Crippen LogP contribution < -0.4 is 5.32 Å². The third-order valence-electron chi connectivity index (χ3n) is 2.30. The van der Waals surface area contributed by atoms with Crippen LogP contribution in [0.1, 0.15) is 41.0 Å². The molecular formula is C16H30N2O6. The van der Waals surface area contributed by atoms with Crippen molar-refractivity contribution < 1.29 is 28.7 Å². The Labute approximate surface area is 144 Å². The standard InChI is InChI=1S/C14H24N2O6.C2H6/c1-7-8-21-13(19)15-10(12(18)16(5)20-6)9-11(17)22-14(2,3)4;1-2/h7,10H,1,8-9H2,2-6H3,(H,15,19);1-2H3. The molecule has 0 aliphatic carbocycles. The monoisotopic (exact) mass is 346 g/mol. The Morgan fingerprint density at radius 2 is 1.79 bits per heavy atom. The van der Waals surface area contributed by atoms with Crippen molar-refractivity contribution in [2.75, 3.05) is 20.8 Å². The zero-order valence-electron chi connectivity index (χ0n) is 15.7. The van der Waals surface area contributed by atoms with Gasteiger partial charge in [0.1, 0.15) is 18.2 Å². The number of likely N-dealkylation sites (N-methyl/N-ethyl adjacent to an activating group) is 1. The highest BCUT2D eigenvalue weighted by atomic mass is 16.7. The summed E-state index contributed by atoms with van der Waals surface area (Å²) < 4.78 is 9.87. The number of nitrogens with one attached hydrogen (secondary N) is 1. The number of carbonyl (C=O) groups is 3. The molecule has 1 unspecified atom stereocenters. The van der Waals surface area contributed by atoms with Gasteiger partial charge in [-0.1, -0.05) is 26.5 Å². The fourth-order valence-electron chi connectivity index (χ4n) is 1.38. The highest BCUT2D eigenvalue weighted by Gasteiger charge is 2.29. The van der Waals surface area contributed by atoms with Gasteiger partial charge in [0.15, 0.2) is 0 Å². The van der Waals surface area contributed by atoms with Crippen molar-refractivity contribution >= 4 is 18.0 Å². The minimum atomic E-state index is -1.16. The summed E-state index contributed by atoms with van der Waals surface area (Å²) in [5.74, 6) is -1.23. The van der Waals surface area contributed by atoms with E-state index in [1.165, 1.54) is 20.2 Å². The molecule has 0 aromatic carbocycles. The predicted octanol–water partition coefficient (Wildman–Crippen LogP) is 2.04. The summed E-state index contributed by atoms with van der Waals surface area (Å²) in [5.41, 5.74) is -0.693. The van der Waals surface area contributed by atoms with Gasteiger partial charge in [0.2, 0.25) is 0 Å². The number of rotatable bonds is 7. The molecule has 0 saturated carbocycles. The highest BCUT2D eigenvalue weighted by Crippen LogP contribution is 2.10. The molecule has 0 aliphatic heterocycles. The Kier molecular flexibility index (Phi) is 12.4. The zero-order chi connectivity index (χ0) is 19.3. The lowest BCUT2D eigenvalue weighted by Gasteiger charge is -2.24. The molecule has 140 valence electrons. The van der Waals surface area contributed by atoms with Crippen LogP contribution in [-0.2, 0) is 23.9 Å². The van der Waals surface area contributed by atoms with Gasteiger partial charge in [0.25, 0.3) is 5.91 Å². The molecule has 0 rings (SSSR count). The van der Waals surface area contributed by atoms with E-state index in [-0.39, 0.29) is 13.0 Å². The van der Waals surface area contributed by atoms with Crippen LogP contribution in [0.4, 0.5) is 4.79 Å². The fourth-order valence-corrected chi connectivity index (χ4v) is 1.38. The van der Waals surface area contributed by atoms with Gasteiger partial charge in [-0.15, -0.1) is 0 Å². The molecule has 8 nitrogen and oxygen atoms in total. The number of nitrogens with zero attached hydrogens (tertiary/aromatic N) is 1. The van der Waals surface area contributed by atoms with E-state index >= 15 is 0 Å². The van der Waals surface area contributed by atoms with Gasteiger partial charge < -0.3 is 14.8 Å². The van der Waals surface area contributed by atoms with Gasteiger partial charge in [-0.2, -0.15) is 0 Å². The third-order valence-corrected chi connectivity index (χ3v) is 2.30. The van der Waals surface area contributed by atoms with E-state index in [0.717, 1.165) is 5.06 Å². The maximum Gasteiger partial charge on any atom is 0.408 e. The summed E-state index contributed by atoms with van der Waals surface area (Å²) in [5, 5.41) is 3.21. The second-order valence-corrected chi connectivity index (χ2v) is 5.39. The molecule has 0 heterocycles. The average Bonchev–Trinajstić information content (AvgIpc) is 2.50. The first-order chi connectivity index (χ1) is 11.1. The number of hydrogen-bond acceptors (Lipinski definition) is 6. The lowest BCUT2D eigenvalue weighted by Crippen LogP contribution is -2.48. The van der Waals surface area contributed by atoms with Crippen LogP contribution in [0.25, 0.3) is 0 Å². The van der Waals surface area contributed by atoms with Gasteiger partial charge in [-0.05, 0) is 20.8 Å². The molecule has 0 aromatic heterocycles. The summed E-state index contributed by atoms with van der Waals surface area (Å²) in [6.07, 6.45) is 0.199. The van der Waals surface area contributed by atoms with Crippen LogP contribution in [0.15, 0.2) is 12.7 Å². The average molecular weight is 346 g/mol. The summed E-state index contributed by atoms with van der Waals surface area (Å²) in [4.78, 5) is 40.2. The molecule has 0 aromatic rings. The van der Waals surface area contributed by atoms with Crippen LogP contribution in [0.3, 0.4) is 0 Å². The van der Waals surface area contributed by atoms with Gasteiger partial charge in [0.05, 0.1) is 13.5 Å².